The highest BCUT2D eigenvalue weighted by molar-refractivity contribution is 5.76. The average Bonchev–Trinajstić information content (AvgIpc) is 3.24. The number of nitrogens with one attached hydrogen (secondary N) is 1. The Labute approximate surface area is 196 Å². The fraction of sp³-hybridized carbons (Fsp3) is 0.500. The molecule has 0 atom stereocenters. The first kappa shape index (κ1) is 24.1. The number of likely N-dealkylation sites (tertiary alicyclic amines) is 1. The van der Waals surface area contributed by atoms with Crippen molar-refractivity contribution >= 4 is 11.7 Å². The van der Waals surface area contributed by atoms with E-state index in [2.05, 4.69) is 31.3 Å². The predicted octanol–water partition coefficient (Wildman–Crippen LogP) is 3.99. The van der Waals surface area contributed by atoms with Gasteiger partial charge >= 0.3 is 6.18 Å². The summed E-state index contributed by atoms with van der Waals surface area (Å²) in [4.78, 5) is 22.7. The summed E-state index contributed by atoms with van der Waals surface area (Å²) in [6.07, 6.45) is -0.351. The molecule has 1 N–H and O–H groups in total. The molecule has 0 spiro atoms. The van der Waals surface area contributed by atoms with Crippen LogP contribution in [0.15, 0.2) is 24.3 Å². The Balaban J connectivity index is 1.38. The Kier molecular flexibility index (Phi) is 7.16. The highest BCUT2D eigenvalue weighted by atomic mass is 19.4. The molecule has 182 valence electrons. The lowest BCUT2D eigenvalue weighted by Gasteiger charge is -2.27. The number of carbonyl (C=O) groups excluding carboxylic acids is 1. The number of halogens is 3. The number of amides is 1. The SMILES string of the molecule is Cc1nc2nc(C(F)(F)F)nn2c(C)c1CCC(=O)NCc1ccccc1CN1CCCCC1. The standard InChI is InChI=1S/C24H29F3N6O/c1-16-20(17(2)33-23(29-16)30-22(31-33)24(25,26)27)10-11-21(34)28-14-18-8-4-5-9-19(18)15-32-12-6-3-7-13-32/h4-5,8-9H,3,6-7,10-15H2,1-2H3,(H,28,34). The molecule has 1 aliphatic rings. The molecule has 0 saturated carbocycles. The Morgan fingerprint density at radius 2 is 1.76 bits per heavy atom. The molecule has 0 unspecified atom stereocenters. The van der Waals surface area contributed by atoms with Crippen molar-refractivity contribution in [3.8, 4) is 0 Å². The van der Waals surface area contributed by atoms with Gasteiger partial charge < -0.3 is 5.32 Å². The maximum atomic E-state index is 13.0. The van der Waals surface area contributed by atoms with Gasteiger partial charge in [0.05, 0.1) is 0 Å². The molecule has 34 heavy (non-hydrogen) atoms. The van der Waals surface area contributed by atoms with E-state index in [1.54, 1.807) is 13.8 Å². The largest absolute Gasteiger partial charge is 0.453 e. The lowest BCUT2D eigenvalue weighted by molar-refractivity contribution is -0.144. The van der Waals surface area contributed by atoms with Crippen LogP contribution in [0, 0.1) is 13.8 Å². The van der Waals surface area contributed by atoms with Crippen molar-refractivity contribution in [3.63, 3.8) is 0 Å². The van der Waals surface area contributed by atoms with Gasteiger partial charge in [-0.05, 0) is 62.9 Å². The minimum atomic E-state index is -4.64. The molecule has 0 aliphatic carbocycles. The summed E-state index contributed by atoms with van der Waals surface area (Å²) in [5.41, 5.74) is 4.07. The molecule has 7 nitrogen and oxygen atoms in total. The summed E-state index contributed by atoms with van der Waals surface area (Å²) < 4.78 is 40.0. The van der Waals surface area contributed by atoms with Crippen LogP contribution < -0.4 is 5.32 Å². The van der Waals surface area contributed by atoms with Gasteiger partial charge in [-0.25, -0.2) is 9.50 Å². The average molecular weight is 475 g/mol. The molecule has 1 fully saturated rings. The zero-order chi connectivity index (χ0) is 24.3. The van der Waals surface area contributed by atoms with Crippen molar-refractivity contribution < 1.29 is 18.0 Å². The van der Waals surface area contributed by atoms with Gasteiger partial charge in [-0.2, -0.15) is 18.2 Å². The van der Waals surface area contributed by atoms with Crippen molar-refractivity contribution in [1.82, 2.24) is 29.8 Å². The fourth-order valence-corrected chi connectivity index (χ4v) is 4.45. The van der Waals surface area contributed by atoms with Crippen LogP contribution in [0.1, 0.15) is 59.6 Å². The van der Waals surface area contributed by atoms with Gasteiger partial charge in [0.1, 0.15) is 0 Å². The van der Waals surface area contributed by atoms with Crippen LogP contribution in [0.2, 0.25) is 0 Å². The van der Waals surface area contributed by atoms with E-state index in [9.17, 15) is 18.0 Å². The fourth-order valence-electron chi connectivity index (χ4n) is 4.45. The summed E-state index contributed by atoms with van der Waals surface area (Å²) in [6, 6.07) is 8.14. The number of aromatic nitrogens is 4. The van der Waals surface area contributed by atoms with Gasteiger partial charge in [0, 0.05) is 30.9 Å². The van der Waals surface area contributed by atoms with Crippen LogP contribution in [-0.2, 0) is 30.5 Å². The third-order valence-electron chi connectivity index (χ3n) is 6.34. The molecule has 4 rings (SSSR count). The van der Waals surface area contributed by atoms with E-state index in [1.807, 2.05) is 18.2 Å². The van der Waals surface area contributed by atoms with Gasteiger partial charge in [-0.1, -0.05) is 30.7 Å². The highest BCUT2D eigenvalue weighted by Gasteiger charge is 2.37. The van der Waals surface area contributed by atoms with Crippen LogP contribution in [0.25, 0.3) is 5.78 Å². The molecule has 1 amide bonds. The summed E-state index contributed by atoms with van der Waals surface area (Å²) >= 11 is 0. The second-order valence-electron chi connectivity index (χ2n) is 8.79. The molecule has 3 aromatic rings. The van der Waals surface area contributed by atoms with E-state index in [0.717, 1.165) is 29.7 Å². The quantitative estimate of drug-likeness (QED) is 0.560. The molecular weight excluding hydrogens is 445 g/mol. The third-order valence-corrected chi connectivity index (χ3v) is 6.34. The molecule has 3 heterocycles. The van der Waals surface area contributed by atoms with Crippen LogP contribution in [-0.4, -0.2) is 43.5 Å². The second-order valence-corrected chi connectivity index (χ2v) is 8.79. The number of benzene rings is 1. The number of hydrogen-bond donors (Lipinski definition) is 1. The lowest BCUT2D eigenvalue weighted by Crippen LogP contribution is -2.30. The number of piperidine rings is 1. The smallest absolute Gasteiger partial charge is 0.352 e. The van der Waals surface area contributed by atoms with E-state index in [4.69, 9.17) is 0 Å². The van der Waals surface area contributed by atoms with Crippen LogP contribution in [0.4, 0.5) is 13.2 Å². The minimum absolute atomic E-state index is 0.0964. The maximum Gasteiger partial charge on any atom is 0.453 e. The number of hydrogen-bond acceptors (Lipinski definition) is 5. The summed E-state index contributed by atoms with van der Waals surface area (Å²) in [6.45, 7) is 6.91. The van der Waals surface area contributed by atoms with E-state index in [-0.39, 0.29) is 18.1 Å². The van der Waals surface area contributed by atoms with Crippen molar-refractivity contribution in [3.05, 3.63) is 58.2 Å². The molecule has 0 bridgehead atoms. The Morgan fingerprint density at radius 1 is 1.06 bits per heavy atom. The van der Waals surface area contributed by atoms with Crippen molar-refractivity contribution in [2.75, 3.05) is 13.1 Å². The van der Waals surface area contributed by atoms with E-state index in [1.165, 1.54) is 24.8 Å². The maximum absolute atomic E-state index is 13.0. The van der Waals surface area contributed by atoms with Gasteiger partial charge in [0.15, 0.2) is 0 Å². The van der Waals surface area contributed by atoms with Crippen molar-refractivity contribution in [2.24, 2.45) is 0 Å². The van der Waals surface area contributed by atoms with Gasteiger partial charge in [0.2, 0.25) is 5.91 Å². The van der Waals surface area contributed by atoms with E-state index < -0.39 is 12.0 Å². The summed E-state index contributed by atoms with van der Waals surface area (Å²) in [5, 5.41) is 6.55. The number of fused-ring (bicyclic) bond motifs is 1. The molecular formula is C24H29F3N6O. The normalized spacial score (nSPS) is 15.1. The summed E-state index contributed by atoms with van der Waals surface area (Å²) in [5.74, 6) is -1.44. The highest BCUT2D eigenvalue weighted by Crippen LogP contribution is 2.27. The first-order valence-corrected chi connectivity index (χ1v) is 11.6. The van der Waals surface area contributed by atoms with E-state index >= 15 is 0 Å². The lowest BCUT2D eigenvalue weighted by atomic mass is 10.0. The number of aryl methyl sites for hydroxylation is 2. The number of rotatable bonds is 7. The van der Waals surface area contributed by atoms with Crippen LogP contribution in [0.5, 0.6) is 0 Å². The minimum Gasteiger partial charge on any atom is -0.352 e. The molecule has 1 aromatic carbocycles. The van der Waals surface area contributed by atoms with Gasteiger partial charge in [0.25, 0.3) is 11.6 Å². The van der Waals surface area contributed by atoms with Gasteiger partial charge in [-0.3, -0.25) is 9.69 Å². The monoisotopic (exact) mass is 474 g/mol. The topological polar surface area (TPSA) is 75.4 Å². The molecule has 1 aliphatic heterocycles. The zero-order valence-corrected chi connectivity index (χ0v) is 19.5. The Morgan fingerprint density at radius 3 is 2.47 bits per heavy atom. The van der Waals surface area contributed by atoms with Crippen LogP contribution in [0.3, 0.4) is 0 Å². The molecule has 0 radical (unpaired) electrons. The first-order chi connectivity index (χ1) is 16.2. The molecule has 10 heteroatoms. The number of alkyl halides is 3. The zero-order valence-electron chi connectivity index (χ0n) is 19.5. The van der Waals surface area contributed by atoms with E-state index in [0.29, 0.717) is 29.9 Å². The third kappa shape index (κ3) is 5.55. The molecule has 2 aromatic heterocycles. The first-order valence-electron chi connectivity index (χ1n) is 11.6. The number of carbonyl (C=O) groups is 1. The summed E-state index contributed by atoms with van der Waals surface area (Å²) in [7, 11) is 0. The van der Waals surface area contributed by atoms with Crippen molar-refractivity contribution in [2.45, 2.75) is 65.2 Å². The number of nitrogens with zero attached hydrogens (tertiary/aromatic N) is 5. The van der Waals surface area contributed by atoms with Gasteiger partial charge in [-0.15, -0.1) is 5.10 Å². The Bertz CT molecular complexity index is 1170. The van der Waals surface area contributed by atoms with Crippen LogP contribution >= 0.6 is 0 Å². The predicted molar refractivity (Wildman–Crippen MR) is 121 cm³/mol. The van der Waals surface area contributed by atoms with Crippen molar-refractivity contribution in [1.29, 1.82) is 0 Å². The second kappa shape index (κ2) is 10.1. The molecule has 1 saturated heterocycles. The Hall–Kier alpha value is -3.01.